The molecule has 2 amide bonds. The molecule has 0 atom stereocenters. The van der Waals surface area contributed by atoms with Gasteiger partial charge in [-0.25, -0.2) is 0 Å². The van der Waals surface area contributed by atoms with Crippen LogP contribution in [0, 0.1) is 0 Å². The van der Waals surface area contributed by atoms with Gasteiger partial charge >= 0.3 is 5.97 Å². The molecule has 35 heavy (non-hydrogen) atoms. The molecule has 3 aromatic rings. The van der Waals surface area contributed by atoms with Crippen molar-refractivity contribution >= 4 is 29.2 Å². The number of esters is 1. The van der Waals surface area contributed by atoms with Crippen LogP contribution in [0.1, 0.15) is 55.1 Å². The number of amides is 2. The maximum absolute atomic E-state index is 12.6. The predicted octanol–water partition coefficient (Wildman–Crippen LogP) is 5.74. The molecule has 6 nitrogen and oxygen atoms in total. The van der Waals surface area contributed by atoms with Crippen LogP contribution < -0.4 is 10.6 Å². The molecule has 2 N–H and O–H groups in total. The minimum absolute atomic E-state index is 0.00160. The summed E-state index contributed by atoms with van der Waals surface area (Å²) in [6.45, 7) is 6.65. The Balaban J connectivity index is 1.44. The fourth-order valence-corrected chi connectivity index (χ4v) is 3.44. The molecule has 0 fully saturated rings. The van der Waals surface area contributed by atoms with Crippen molar-refractivity contribution in [1.29, 1.82) is 0 Å². The third-order valence-electron chi connectivity index (χ3n) is 5.47. The SMILES string of the molecule is CC(C)(C)c1ccc(C(=O)Nc2cccc(NC(=O)CCC(=O)OCCc3ccccc3)c2)cc1. The fraction of sp³-hybridized carbons (Fsp3) is 0.276. The standard InChI is InChI=1S/C29H32N2O4/c1-29(2,3)23-14-12-22(13-15-23)28(34)31-25-11-7-10-24(20-25)30-26(32)16-17-27(33)35-19-18-21-8-5-4-6-9-21/h4-15,20H,16-19H2,1-3H3,(H,30,32)(H,31,34). The number of carbonyl (C=O) groups excluding carboxylic acids is 3. The Labute approximate surface area is 206 Å². The van der Waals surface area contributed by atoms with E-state index in [-0.39, 0.29) is 36.7 Å². The lowest BCUT2D eigenvalue weighted by molar-refractivity contribution is -0.144. The van der Waals surface area contributed by atoms with Crippen LogP contribution in [0.3, 0.4) is 0 Å². The number of benzene rings is 3. The van der Waals surface area contributed by atoms with Crippen molar-refractivity contribution in [1.82, 2.24) is 0 Å². The van der Waals surface area contributed by atoms with Crippen LogP contribution in [0.25, 0.3) is 0 Å². The normalized spacial score (nSPS) is 10.9. The smallest absolute Gasteiger partial charge is 0.306 e. The average molecular weight is 473 g/mol. The first-order valence-electron chi connectivity index (χ1n) is 11.7. The van der Waals surface area contributed by atoms with Gasteiger partial charge in [0.05, 0.1) is 13.0 Å². The Morgan fingerprint density at radius 2 is 1.43 bits per heavy atom. The van der Waals surface area contributed by atoms with Gasteiger partial charge in [-0.15, -0.1) is 0 Å². The quantitative estimate of drug-likeness (QED) is 0.389. The highest BCUT2D eigenvalue weighted by atomic mass is 16.5. The van der Waals surface area contributed by atoms with Gasteiger partial charge < -0.3 is 15.4 Å². The first-order chi connectivity index (χ1) is 16.7. The number of ether oxygens (including phenoxy) is 1. The van der Waals surface area contributed by atoms with Gasteiger partial charge in [0.15, 0.2) is 0 Å². The van der Waals surface area contributed by atoms with E-state index in [0.29, 0.717) is 23.4 Å². The lowest BCUT2D eigenvalue weighted by Crippen LogP contribution is -2.16. The first kappa shape index (κ1) is 25.7. The summed E-state index contributed by atoms with van der Waals surface area (Å²) >= 11 is 0. The van der Waals surface area contributed by atoms with Crippen LogP contribution in [0.15, 0.2) is 78.9 Å². The largest absolute Gasteiger partial charge is 0.465 e. The molecule has 0 spiro atoms. The van der Waals surface area contributed by atoms with E-state index in [1.54, 1.807) is 36.4 Å². The van der Waals surface area contributed by atoms with E-state index in [0.717, 1.165) is 11.1 Å². The van der Waals surface area contributed by atoms with E-state index >= 15 is 0 Å². The second-order valence-corrected chi connectivity index (χ2v) is 9.37. The number of nitrogens with one attached hydrogen (secondary N) is 2. The minimum Gasteiger partial charge on any atom is -0.465 e. The molecule has 0 unspecified atom stereocenters. The fourth-order valence-electron chi connectivity index (χ4n) is 3.44. The topological polar surface area (TPSA) is 84.5 Å². The van der Waals surface area contributed by atoms with Crippen molar-refractivity contribution in [3.05, 3.63) is 95.6 Å². The first-order valence-corrected chi connectivity index (χ1v) is 11.7. The average Bonchev–Trinajstić information content (AvgIpc) is 2.83. The van der Waals surface area contributed by atoms with E-state index in [1.165, 1.54) is 0 Å². The number of hydrogen-bond acceptors (Lipinski definition) is 4. The summed E-state index contributed by atoms with van der Waals surface area (Å²) in [6.07, 6.45) is 0.653. The second-order valence-electron chi connectivity index (χ2n) is 9.37. The summed E-state index contributed by atoms with van der Waals surface area (Å²) in [5.74, 6) is -0.937. The molecular formula is C29H32N2O4. The van der Waals surface area contributed by atoms with Gasteiger partial charge in [0.25, 0.3) is 5.91 Å². The molecule has 3 aromatic carbocycles. The lowest BCUT2D eigenvalue weighted by Gasteiger charge is -2.19. The van der Waals surface area contributed by atoms with Crippen molar-refractivity contribution in [3.63, 3.8) is 0 Å². The van der Waals surface area contributed by atoms with Crippen LogP contribution in [0.2, 0.25) is 0 Å². The highest BCUT2D eigenvalue weighted by Gasteiger charge is 2.15. The molecule has 0 radical (unpaired) electrons. The zero-order valence-electron chi connectivity index (χ0n) is 20.5. The van der Waals surface area contributed by atoms with Crippen molar-refractivity contribution in [2.24, 2.45) is 0 Å². The molecule has 6 heteroatoms. The number of anilines is 2. The van der Waals surface area contributed by atoms with Gasteiger partial charge in [0.2, 0.25) is 5.91 Å². The minimum atomic E-state index is -0.408. The van der Waals surface area contributed by atoms with Crippen molar-refractivity contribution in [2.45, 2.75) is 45.4 Å². The molecule has 0 aliphatic heterocycles. The van der Waals surface area contributed by atoms with Crippen LogP contribution in [0.5, 0.6) is 0 Å². The summed E-state index contributed by atoms with van der Waals surface area (Å²) < 4.78 is 5.21. The Morgan fingerprint density at radius 1 is 0.771 bits per heavy atom. The Bertz CT molecular complexity index is 1150. The maximum Gasteiger partial charge on any atom is 0.306 e. The zero-order valence-corrected chi connectivity index (χ0v) is 20.5. The third kappa shape index (κ3) is 8.41. The molecule has 0 aliphatic carbocycles. The number of hydrogen-bond donors (Lipinski definition) is 2. The van der Waals surface area contributed by atoms with E-state index in [4.69, 9.17) is 4.74 Å². The molecule has 3 rings (SSSR count). The summed E-state index contributed by atoms with van der Waals surface area (Å²) in [4.78, 5) is 36.8. The number of rotatable bonds is 9. The van der Waals surface area contributed by atoms with Crippen LogP contribution in [0.4, 0.5) is 11.4 Å². The molecule has 0 saturated carbocycles. The molecule has 0 aromatic heterocycles. The molecule has 0 aliphatic rings. The van der Waals surface area contributed by atoms with E-state index in [2.05, 4.69) is 31.4 Å². The van der Waals surface area contributed by atoms with Crippen molar-refractivity contribution in [2.75, 3.05) is 17.2 Å². The van der Waals surface area contributed by atoms with Crippen molar-refractivity contribution < 1.29 is 19.1 Å². The molecule has 0 bridgehead atoms. The maximum atomic E-state index is 12.6. The Morgan fingerprint density at radius 3 is 2.09 bits per heavy atom. The summed E-state index contributed by atoms with van der Waals surface area (Å²) in [7, 11) is 0. The Kier molecular flexibility index (Phi) is 8.79. The molecule has 0 heterocycles. The van der Waals surface area contributed by atoms with E-state index in [1.807, 2.05) is 42.5 Å². The van der Waals surface area contributed by atoms with Crippen LogP contribution in [-0.2, 0) is 26.2 Å². The zero-order chi connectivity index (χ0) is 25.3. The second kappa shape index (κ2) is 12.0. The highest BCUT2D eigenvalue weighted by molar-refractivity contribution is 6.04. The molecule has 0 saturated heterocycles. The van der Waals surface area contributed by atoms with Gasteiger partial charge in [-0.2, -0.15) is 0 Å². The monoisotopic (exact) mass is 472 g/mol. The third-order valence-corrected chi connectivity index (χ3v) is 5.47. The van der Waals surface area contributed by atoms with Gasteiger partial charge in [-0.1, -0.05) is 69.3 Å². The highest BCUT2D eigenvalue weighted by Crippen LogP contribution is 2.23. The van der Waals surface area contributed by atoms with E-state index < -0.39 is 5.97 Å². The lowest BCUT2D eigenvalue weighted by atomic mass is 9.87. The van der Waals surface area contributed by atoms with Gasteiger partial charge in [-0.3, -0.25) is 14.4 Å². The molecular weight excluding hydrogens is 440 g/mol. The van der Waals surface area contributed by atoms with Gasteiger partial charge in [0.1, 0.15) is 0 Å². The predicted molar refractivity (Wildman–Crippen MR) is 139 cm³/mol. The summed E-state index contributed by atoms with van der Waals surface area (Å²) in [6, 6.07) is 24.2. The van der Waals surface area contributed by atoms with Crippen LogP contribution in [-0.4, -0.2) is 24.4 Å². The molecule has 182 valence electrons. The van der Waals surface area contributed by atoms with Crippen LogP contribution >= 0.6 is 0 Å². The summed E-state index contributed by atoms with van der Waals surface area (Å²) in [5, 5.41) is 5.61. The van der Waals surface area contributed by atoms with Gasteiger partial charge in [-0.05, 0) is 46.9 Å². The van der Waals surface area contributed by atoms with E-state index in [9.17, 15) is 14.4 Å². The number of carbonyl (C=O) groups is 3. The van der Waals surface area contributed by atoms with Crippen molar-refractivity contribution in [3.8, 4) is 0 Å². The Hall–Kier alpha value is -3.93. The van der Waals surface area contributed by atoms with Gasteiger partial charge in [0, 0.05) is 29.8 Å². The summed E-state index contributed by atoms with van der Waals surface area (Å²) in [5.41, 5.74) is 3.91.